The van der Waals surface area contributed by atoms with E-state index in [1.165, 1.54) is 24.1 Å². The highest BCUT2D eigenvalue weighted by atomic mass is 16.6. The zero-order valence-electron chi connectivity index (χ0n) is 18.5. The third-order valence-electron chi connectivity index (χ3n) is 6.40. The lowest BCUT2D eigenvalue weighted by atomic mass is 9.77. The highest BCUT2D eigenvalue weighted by Gasteiger charge is 2.38. The molecule has 0 unspecified atom stereocenters. The van der Waals surface area contributed by atoms with E-state index in [0.717, 1.165) is 36.2 Å². The number of pyridine rings is 1. The molecule has 0 amide bonds. The van der Waals surface area contributed by atoms with Crippen LogP contribution in [0.15, 0.2) is 42.6 Å². The van der Waals surface area contributed by atoms with Gasteiger partial charge in [-0.3, -0.25) is 9.88 Å². The summed E-state index contributed by atoms with van der Waals surface area (Å²) in [6.07, 6.45) is 6.24. The number of benzene rings is 1. The Balaban J connectivity index is 1.53. The molecule has 3 aromatic rings. The van der Waals surface area contributed by atoms with E-state index in [2.05, 4.69) is 11.0 Å². The zero-order valence-corrected chi connectivity index (χ0v) is 18.5. The highest BCUT2D eigenvalue weighted by Crippen LogP contribution is 2.43. The maximum Gasteiger partial charge on any atom is 0.420 e. The SMILES string of the molecule is CC(C)(C)OC(=O)n1c(CN2CCC[C@H]3CCc4cccnc4[C@H]32)nc2ccccc21. The number of para-hydroxylation sites is 2. The van der Waals surface area contributed by atoms with Gasteiger partial charge in [-0.15, -0.1) is 0 Å². The molecule has 31 heavy (non-hydrogen) atoms. The van der Waals surface area contributed by atoms with E-state index in [-0.39, 0.29) is 12.1 Å². The monoisotopic (exact) mass is 418 g/mol. The minimum Gasteiger partial charge on any atom is -0.443 e. The second kappa shape index (κ2) is 7.75. The molecule has 2 aliphatic rings. The quantitative estimate of drug-likeness (QED) is 0.578. The molecule has 1 aliphatic heterocycles. The Morgan fingerprint density at radius 2 is 2.00 bits per heavy atom. The number of likely N-dealkylation sites (tertiary alicyclic amines) is 1. The summed E-state index contributed by atoms with van der Waals surface area (Å²) in [6, 6.07) is 12.3. The van der Waals surface area contributed by atoms with Gasteiger partial charge in [-0.2, -0.15) is 0 Å². The molecule has 162 valence electrons. The largest absolute Gasteiger partial charge is 0.443 e. The minimum atomic E-state index is -0.567. The number of hydrogen-bond donors (Lipinski definition) is 0. The number of piperidine rings is 1. The zero-order chi connectivity index (χ0) is 21.6. The van der Waals surface area contributed by atoms with Crippen LogP contribution in [-0.2, 0) is 17.7 Å². The third-order valence-corrected chi connectivity index (χ3v) is 6.40. The second-order valence-corrected chi connectivity index (χ2v) is 9.74. The van der Waals surface area contributed by atoms with E-state index in [0.29, 0.717) is 12.5 Å². The first-order valence-electron chi connectivity index (χ1n) is 11.3. The van der Waals surface area contributed by atoms with Crippen LogP contribution >= 0.6 is 0 Å². The van der Waals surface area contributed by atoms with Gasteiger partial charge in [-0.05, 0) is 82.7 Å². The molecular weight excluding hydrogens is 388 g/mol. The molecule has 5 rings (SSSR count). The highest BCUT2D eigenvalue weighted by molar-refractivity contribution is 5.87. The maximum absolute atomic E-state index is 13.1. The number of aryl methyl sites for hydroxylation is 1. The van der Waals surface area contributed by atoms with Crippen molar-refractivity contribution in [2.45, 2.75) is 64.6 Å². The van der Waals surface area contributed by atoms with E-state index in [9.17, 15) is 4.79 Å². The Kier molecular flexibility index (Phi) is 5.05. The van der Waals surface area contributed by atoms with Gasteiger partial charge in [0.15, 0.2) is 0 Å². The number of carbonyl (C=O) groups excluding carboxylic acids is 1. The summed E-state index contributed by atoms with van der Waals surface area (Å²) in [5, 5.41) is 0. The van der Waals surface area contributed by atoms with Crippen molar-refractivity contribution < 1.29 is 9.53 Å². The summed E-state index contributed by atoms with van der Waals surface area (Å²) < 4.78 is 7.40. The summed E-state index contributed by atoms with van der Waals surface area (Å²) in [6.45, 7) is 7.26. The molecule has 0 spiro atoms. The number of hydrogen-bond acceptors (Lipinski definition) is 5. The van der Waals surface area contributed by atoms with Crippen LogP contribution in [0.1, 0.15) is 63.2 Å². The average molecular weight is 419 g/mol. The summed E-state index contributed by atoms with van der Waals surface area (Å²) in [5.74, 6) is 1.34. The molecular formula is C25H30N4O2. The van der Waals surface area contributed by atoms with Crippen LogP contribution in [0.2, 0.25) is 0 Å². The molecule has 1 aromatic carbocycles. The first kappa shape index (κ1) is 20.2. The van der Waals surface area contributed by atoms with Gasteiger partial charge < -0.3 is 4.74 Å². The van der Waals surface area contributed by atoms with E-state index in [4.69, 9.17) is 14.7 Å². The maximum atomic E-state index is 13.1. The van der Waals surface area contributed by atoms with E-state index >= 15 is 0 Å². The number of imidazole rings is 1. The fourth-order valence-corrected chi connectivity index (χ4v) is 5.17. The van der Waals surface area contributed by atoms with Crippen LogP contribution in [0.5, 0.6) is 0 Å². The lowest BCUT2D eigenvalue weighted by Crippen LogP contribution is -2.42. The number of nitrogens with zero attached hydrogens (tertiary/aromatic N) is 4. The van der Waals surface area contributed by atoms with Crippen LogP contribution in [0.4, 0.5) is 4.79 Å². The standard InChI is InChI=1S/C25H30N4O2/c1-25(2,3)31-24(30)29-20-11-5-4-10-19(20)27-21(29)16-28-15-7-9-18-13-12-17-8-6-14-26-22(17)23(18)28/h4-6,8,10-11,14,18,23H,7,9,12-13,15-16H2,1-3H3/t18-,23-/m0/s1. The van der Waals surface area contributed by atoms with Crippen molar-refractivity contribution in [2.24, 2.45) is 5.92 Å². The number of rotatable bonds is 2. The topological polar surface area (TPSA) is 60.2 Å². The Labute approximate surface area is 183 Å². The molecule has 6 heteroatoms. The molecule has 6 nitrogen and oxygen atoms in total. The molecule has 3 heterocycles. The lowest BCUT2D eigenvalue weighted by Gasteiger charge is -2.44. The fourth-order valence-electron chi connectivity index (χ4n) is 5.17. The van der Waals surface area contributed by atoms with Gasteiger partial charge in [0.25, 0.3) is 0 Å². The first-order valence-corrected chi connectivity index (χ1v) is 11.3. The molecule has 1 saturated heterocycles. The normalized spacial score (nSPS) is 21.5. The van der Waals surface area contributed by atoms with Gasteiger partial charge >= 0.3 is 6.09 Å². The van der Waals surface area contributed by atoms with Crippen LogP contribution in [0.3, 0.4) is 0 Å². The number of fused-ring (bicyclic) bond motifs is 4. The van der Waals surface area contributed by atoms with Gasteiger partial charge in [0.05, 0.1) is 29.3 Å². The Bertz CT molecular complexity index is 1110. The average Bonchev–Trinajstić information content (AvgIpc) is 3.10. The second-order valence-electron chi connectivity index (χ2n) is 9.74. The van der Waals surface area contributed by atoms with Crippen LogP contribution < -0.4 is 0 Å². The predicted molar refractivity (Wildman–Crippen MR) is 120 cm³/mol. The number of carbonyl (C=O) groups is 1. The fraction of sp³-hybridized carbons (Fsp3) is 0.480. The van der Waals surface area contributed by atoms with E-state index in [1.54, 1.807) is 4.57 Å². The Morgan fingerprint density at radius 3 is 2.84 bits per heavy atom. The predicted octanol–water partition coefficient (Wildman–Crippen LogP) is 5.11. The number of aromatic nitrogens is 3. The van der Waals surface area contributed by atoms with Crippen molar-refractivity contribution in [3.8, 4) is 0 Å². The minimum absolute atomic E-state index is 0.283. The summed E-state index contributed by atoms with van der Waals surface area (Å²) in [7, 11) is 0. The summed E-state index contributed by atoms with van der Waals surface area (Å²) in [5.41, 5.74) is 3.61. The smallest absolute Gasteiger partial charge is 0.420 e. The van der Waals surface area contributed by atoms with Crippen LogP contribution in [-0.4, -0.2) is 37.7 Å². The Hall–Kier alpha value is -2.73. The number of ether oxygens (including phenoxy) is 1. The van der Waals surface area contributed by atoms with Crippen LogP contribution in [0.25, 0.3) is 11.0 Å². The molecule has 0 bridgehead atoms. The molecule has 2 aromatic heterocycles. The van der Waals surface area contributed by atoms with Gasteiger partial charge in [-0.1, -0.05) is 18.2 Å². The molecule has 0 N–H and O–H groups in total. The molecule has 1 fully saturated rings. The Morgan fingerprint density at radius 1 is 1.16 bits per heavy atom. The van der Waals surface area contributed by atoms with Crippen molar-refractivity contribution in [2.75, 3.05) is 6.54 Å². The van der Waals surface area contributed by atoms with E-state index in [1.807, 2.05) is 57.3 Å². The first-order chi connectivity index (χ1) is 14.9. The molecule has 0 saturated carbocycles. The summed E-state index contributed by atoms with van der Waals surface area (Å²) in [4.78, 5) is 25.3. The van der Waals surface area contributed by atoms with Gasteiger partial charge in [-0.25, -0.2) is 14.3 Å². The van der Waals surface area contributed by atoms with Crippen molar-refractivity contribution >= 4 is 17.1 Å². The van der Waals surface area contributed by atoms with E-state index < -0.39 is 5.60 Å². The lowest BCUT2D eigenvalue weighted by molar-refractivity contribution is 0.0497. The van der Waals surface area contributed by atoms with Crippen LogP contribution in [0, 0.1) is 5.92 Å². The summed E-state index contributed by atoms with van der Waals surface area (Å²) >= 11 is 0. The van der Waals surface area contributed by atoms with Gasteiger partial charge in [0, 0.05) is 6.20 Å². The molecule has 1 aliphatic carbocycles. The van der Waals surface area contributed by atoms with Gasteiger partial charge in [0.1, 0.15) is 11.4 Å². The van der Waals surface area contributed by atoms with Crippen molar-refractivity contribution in [1.82, 2.24) is 19.4 Å². The molecule has 2 atom stereocenters. The van der Waals surface area contributed by atoms with Crippen molar-refractivity contribution in [3.05, 3.63) is 59.7 Å². The third kappa shape index (κ3) is 3.85. The van der Waals surface area contributed by atoms with Gasteiger partial charge in [0.2, 0.25) is 0 Å². The van der Waals surface area contributed by atoms with Crippen molar-refractivity contribution in [3.63, 3.8) is 0 Å². The molecule has 0 radical (unpaired) electrons. The van der Waals surface area contributed by atoms with Crippen molar-refractivity contribution in [1.29, 1.82) is 0 Å².